The lowest BCUT2D eigenvalue weighted by Gasteiger charge is -2.44. The van der Waals surface area contributed by atoms with E-state index in [9.17, 15) is 5.11 Å². The Morgan fingerprint density at radius 1 is 1.39 bits per heavy atom. The molecule has 7 heteroatoms. The smallest absolute Gasteiger partial charge is 0.138 e. The monoisotopic (exact) mass is 355 g/mol. The molecule has 0 aliphatic heterocycles. The van der Waals surface area contributed by atoms with Crippen molar-refractivity contribution in [3.8, 4) is 5.75 Å². The molecule has 2 aromatic rings. The van der Waals surface area contributed by atoms with Gasteiger partial charge < -0.3 is 9.84 Å². The number of hydrogen-bond acceptors (Lipinski definition) is 4. The largest absolute Gasteiger partial charge is 0.486 e. The van der Waals surface area contributed by atoms with Crippen LogP contribution in [0.4, 0.5) is 0 Å². The molecule has 1 saturated carbocycles. The van der Waals surface area contributed by atoms with E-state index in [0.29, 0.717) is 22.3 Å². The molecular formula is C16H19Cl2N3O2. The molecule has 3 atom stereocenters. The zero-order valence-electron chi connectivity index (χ0n) is 12.8. The molecule has 124 valence electrons. The van der Waals surface area contributed by atoms with Crippen LogP contribution in [0.3, 0.4) is 0 Å². The molecule has 5 nitrogen and oxygen atoms in total. The summed E-state index contributed by atoms with van der Waals surface area (Å²) >= 11 is 12.1. The van der Waals surface area contributed by atoms with Gasteiger partial charge in [-0.15, -0.1) is 0 Å². The predicted octanol–water partition coefficient (Wildman–Crippen LogP) is 3.58. The average molecular weight is 356 g/mol. The maximum atomic E-state index is 11.3. The van der Waals surface area contributed by atoms with Gasteiger partial charge in [-0.25, -0.2) is 9.67 Å². The van der Waals surface area contributed by atoms with Crippen LogP contribution in [0.1, 0.15) is 26.2 Å². The summed E-state index contributed by atoms with van der Waals surface area (Å²) in [6.45, 7) is 2.37. The lowest BCUT2D eigenvalue weighted by atomic mass is 9.74. The molecular weight excluding hydrogens is 337 g/mol. The zero-order valence-corrected chi connectivity index (χ0v) is 14.3. The van der Waals surface area contributed by atoms with E-state index in [-0.39, 0.29) is 12.0 Å². The molecule has 1 N–H and O–H groups in total. The first-order valence-electron chi connectivity index (χ1n) is 7.65. The number of ether oxygens (including phenoxy) is 1. The van der Waals surface area contributed by atoms with Crippen molar-refractivity contribution in [3.63, 3.8) is 0 Å². The van der Waals surface area contributed by atoms with Gasteiger partial charge in [-0.05, 0) is 43.4 Å². The molecule has 1 aliphatic carbocycles. The molecule has 1 aliphatic rings. The fourth-order valence-corrected chi connectivity index (χ4v) is 3.60. The topological polar surface area (TPSA) is 60.2 Å². The van der Waals surface area contributed by atoms with Crippen LogP contribution in [0.25, 0.3) is 0 Å². The lowest BCUT2D eigenvalue weighted by Crippen LogP contribution is -2.56. The Balaban J connectivity index is 1.85. The van der Waals surface area contributed by atoms with Crippen molar-refractivity contribution in [2.24, 2.45) is 5.92 Å². The van der Waals surface area contributed by atoms with E-state index in [2.05, 4.69) is 10.1 Å². The maximum absolute atomic E-state index is 11.3. The Morgan fingerprint density at radius 2 is 2.22 bits per heavy atom. The van der Waals surface area contributed by atoms with Gasteiger partial charge in [-0.3, -0.25) is 0 Å². The Kier molecular flexibility index (Phi) is 4.80. The molecule has 0 amide bonds. The number of nitrogens with zero attached hydrogens (tertiary/aromatic N) is 3. The minimum Gasteiger partial charge on any atom is -0.486 e. The summed E-state index contributed by atoms with van der Waals surface area (Å²) in [7, 11) is 0. The minimum atomic E-state index is -1.03. The van der Waals surface area contributed by atoms with Gasteiger partial charge in [0.1, 0.15) is 30.1 Å². The highest BCUT2D eigenvalue weighted by atomic mass is 35.5. The van der Waals surface area contributed by atoms with Crippen LogP contribution in [-0.2, 0) is 6.54 Å². The van der Waals surface area contributed by atoms with Gasteiger partial charge >= 0.3 is 0 Å². The highest BCUT2D eigenvalue weighted by Crippen LogP contribution is 2.39. The lowest BCUT2D eigenvalue weighted by molar-refractivity contribution is -0.132. The van der Waals surface area contributed by atoms with Crippen molar-refractivity contribution in [1.29, 1.82) is 0 Å². The van der Waals surface area contributed by atoms with Crippen LogP contribution in [0, 0.1) is 5.92 Å². The van der Waals surface area contributed by atoms with Gasteiger partial charge in [0.25, 0.3) is 0 Å². The van der Waals surface area contributed by atoms with Gasteiger partial charge in [-0.2, -0.15) is 5.10 Å². The highest BCUT2D eigenvalue weighted by Gasteiger charge is 2.46. The maximum Gasteiger partial charge on any atom is 0.138 e. The normalized spacial score (nSPS) is 27.8. The third-order valence-corrected chi connectivity index (χ3v) is 5.09. The Bertz CT molecular complexity index is 665. The Labute approximate surface area is 145 Å². The summed E-state index contributed by atoms with van der Waals surface area (Å²) in [5.74, 6) is 0.615. The summed E-state index contributed by atoms with van der Waals surface area (Å²) in [6.07, 6.45) is 5.40. The van der Waals surface area contributed by atoms with Gasteiger partial charge in [-0.1, -0.05) is 30.1 Å². The molecule has 0 saturated heterocycles. The number of rotatable bonds is 4. The van der Waals surface area contributed by atoms with Gasteiger partial charge in [0.15, 0.2) is 0 Å². The van der Waals surface area contributed by atoms with Gasteiger partial charge in [0.2, 0.25) is 0 Å². The van der Waals surface area contributed by atoms with E-state index in [1.54, 1.807) is 29.2 Å². The van der Waals surface area contributed by atoms with Crippen molar-refractivity contribution in [2.75, 3.05) is 0 Å². The Hall–Kier alpha value is -1.30. The first kappa shape index (κ1) is 16.6. The quantitative estimate of drug-likeness (QED) is 0.910. The van der Waals surface area contributed by atoms with Crippen molar-refractivity contribution >= 4 is 23.2 Å². The second-order valence-corrected chi connectivity index (χ2v) is 6.94. The predicted molar refractivity (Wildman–Crippen MR) is 88.9 cm³/mol. The van der Waals surface area contributed by atoms with E-state index in [1.807, 2.05) is 6.92 Å². The molecule has 23 heavy (non-hydrogen) atoms. The van der Waals surface area contributed by atoms with E-state index >= 15 is 0 Å². The zero-order chi connectivity index (χ0) is 16.4. The summed E-state index contributed by atoms with van der Waals surface area (Å²) in [5.41, 5.74) is -1.03. The van der Waals surface area contributed by atoms with Crippen molar-refractivity contribution in [1.82, 2.24) is 14.8 Å². The highest BCUT2D eigenvalue weighted by molar-refractivity contribution is 6.35. The fourth-order valence-electron chi connectivity index (χ4n) is 3.14. The second-order valence-electron chi connectivity index (χ2n) is 6.10. The van der Waals surface area contributed by atoms with Crippen molar-refractivity contribution < 1.29 is 9.84 Å². The third-order valence-electron chi connectivity index (χ3n) is 4.56. The number of hydrogen-bond donors (Lipinski definition) is 1. The molecule has 1 fully saturated rings. The first-order valence-corrected chi connectivity index (χ1v) is 8.41. The molecule has 0 spiro atoms. The van der Waals surface area contributed by atoms with Crippen LogP contribution >= 0.6 is 23.2 Å². The van der Waals surface area contributed by atoms with Crippen LogP contribution in [0.5, 0.6) is 5.75 Å². The summed E-state index contributed by atoms with van der Waals surface area (Å²) in [5, 5.41) is 16.4. The molecule has 0 bridgehead atoms. The number of benzene rings is 1. The number of halogens is 2. The number of aliphatic hydroxyl groups is 1. The van der Waals surface area contributed by atoms with E-state index < -0.39 is 5.60 Å². The molecule has 0 radical (unpaired) electrons. The molecule has 1 aromatic carbocycles. The fraction of sp³-hybridized carbons (Fsp3) is 0.500. The number of aromatic nitrogens is 3. The second kappa shape index (κ2) is 6.67. The average Bonchev–Trinajstić information content (AvgIpc) is 2.99. The minimum absolute atomic E-state index is 0.0801. The van der Waals surface area contributed by atoms with Crippen LogP contribution in [0.2, 0.25) is 10.0 Å². The van der Waals surface area contributed by atoms with Gasteiger partial charge in [0, 0.05) is 5.02 Å². The van der Waals surface area contributed by atoms with Gasteiger partial charge in [0.05, 0.1) is 11.6 Å². The van der Waals surface area contributed by atoms with Crippen molar-refractivity contribution in [3.05, 3.63) is 40.9 Å². The van der Waals surface area contributed by atoms with Crippen LogP contribution in [0.15, 0.2) is 30.9 Å². The first-order chi connectivity index (χ1) is 11.0. The third kappa shape index (κ3) is 3.47. The molecule has 1 aromatic heterocycles. The summed E-state index contributed by atoms with van der Waals surface area (Å²) < 4.78 is 7.71. The van der Waals surface area contributed by atoms with Crippen LogP contribution < -0.4 is 4.74 Å². The summed E-state index contributed by atoms with van der Waals surface area (Å²) in [4.78, 5) is 3.94. The van der Waals surface area contributed by atoms with E-state index in [0.717, 1.165) is 19.3 Å². The van der Waals surface area contributed by atoms with Crippen molar-refractivity contribution in [2.45, 2.75) is 44.4 Å². The standard InChI is InChI=1S/C16H19Cl2N3O2/c1-11-3-2-4-15(16(11,22)8-21-10-19-9-20-21)23-14-6-5-12(17)7-13(14)18/h5-7,9-11,15,22H,2-4,8H2,1H3/t11-,15+,16+/m1/s1. The molecule has 3 rings (SSSR count). The van der Waals surface area contributed by atoms with Crippen LogP contribution in [-0.4, -0.2) is 31.6 Å². The Morgan fingerprint density at radius 3 is 2.91 bits per heavy atom. The molecule has 0 unspecified atom stereocenters. The summed E-state index contributed by atoms with van der Waals surface area (Å²) in [6, 6.07) is 5.10. The van der Waals surface area contributed by atoms with E-state index in [1.165, 1.54) is 6.33 Å². The van der Waals surface area contributed by atoms with E-state index in [4.69, 9.17) is 27.9 Å². The SMILES string of the molecule is C[C@@H]1CCC[C@H](Oc2ccc(Cl)cc2Cl)[C@]1(O)Cn1cncn1. The molecule has 1 heterocycles.